The van der Waals surface area contributed by atoms with Gasteiger partial charge in [0.2, 0.25) is 5.91 Å². The number of nitrogens with one attached hydrogen (secondary N) is 2. The molecule has 0 fully saturated rings. The predicted molar refractivity (Wildman–Crippen MR) is 147 cm³/mol. The maximum absolute atomic E-state index is 12.5. The number of thioether (sulfide) groups is 1. The first-order valence-corrected chi connectivity index (χ1v) is 13.3. The molecular formula is C28H26N4OS2. The van der Waals surface area contributed by atoms with Gasteiger partial charge in [-0.1, -0.05) is 88.8 Å². The number of nitrogens with zero attached hydrogens (tertiary/aromatic N) is 2. The van der Waals surface area contributed by atoms with Crippen LogP contribution in [0.25, 0.3) is 32.7 Å². The zero-order valence-electron chi connectivity index (χ0n) is 19.9. The lowest BCUT2D eigenvalue weighted by molar-refractivity contribution is -0.115. The van der Waals surface area contributed by atoms with Crippen LogP contribution in [0, 0.1) is 20.8 Å². The lowest BCUT2D eigenvalue weighted by Crippen LogP contribution is -2.11. The second-order valence-electron chi connectivity index (χ2n) is 8.63. The molecule has 5 rings (SSSR count). The first-order chi connectivity index (χ1) is 16.9. The number of thiazole rings is 1. The number of fused-ring (bicyclic) bond motifs is 1. The molecule has 5 aromatic rings. The van der Waals surface area contributed by atoms with Crippen molar-refractivity contribution in [1.29, 1.82) is 0 Å². The molecule has 2 heterocycles. The van der Waals surface area contributed by atoms with Gasteiger partial charge in [0.25, 0.3) is 0 Å². The summed E-state index contributed by atoms with van der Waals surface area (Å²) in [6, 6.07) is 23.0. The number of hydrogen-bond donors (Lipinski definition) is 2. The fraction of sp³-hybridized carbons (Fsp3) is 0.179. The standard InChI is InChI=1S/C28H26N4OS2/c1-17-4-9-20(10-5-17)25-26(21-11-6-18(2)7-12-21)32-27(31-25)34-15-14-24(33)30-28-29-22-13-8-19(3)16-23(22)35-28/h4-13,16H,14-15H2,1-3H3,(H,31,32)(H,29,30,33). The summed E-state index contributed by atoms with van der Waals surface area (Å²) < 4.78 is 1.08. The molecule has 0 saturated heterocycles. The van der Waals surface area contributed by atoms with E-state index in [1.54, 1.807) is 11.8 Å². The third kappa shape index (κ3) is 5.47. The van der Waals surface area contributed by atoms with E-state index in [9.17, 15) is 4.79 Å². The number of benzene rings is 3. The molecule has 0 unspecified atom stereocenters. The minimum atomic E-state index is -0.0441. The summed E-state index contributed by atoms with van der Waals surface area (Å²) in [5, 5.41) is 4.39. The van der Waals surface area contributed by atoms with Crippen molar-refractivity contribution >= 4 is 44.4 Å². The molecule has 2 aromatic heterocycles. The number of amides is 1. The minimum Gasteiger partial charge on any atom is -0.332 e. The van der Waals surface area contributed by atoms with E-state index in [-0.39, 0.29) is 5.91 Å². The zero-order valence-corrected chi connectivity index (χ0v) is 21.5. The van der Waals surface area contributed by atoms with Crippen LogP contribution in [-0.2, 0) is 4.79 Å². The van der Waals surface area contributed by atoms with Crippen molar-refractivity contribution in [3.63, 3.8) is 0 Å². The number of aryl methyl sites for hydroxylation is 3. The normalized spacial score (nSPS) is 11.2. The van der Waals surface area contributed by atoms with Crippen LogP contribution in [0.1, 0.15) is 23.1 Å². The molecule has 1 amide bonds. The average Bonchev–Trinajstić information content (AvgIpc) is 3.43. The second-order valence-corrected chi connectivity index (χ2v) is 10.7. The fourth-order valence-corrected chi connectivity index (χ4v) is 5.57. The van der Waals surface area contributed by atoms with Crippen LogP contribution < -0.4 is 5.32 Å². The first-order valence-electron chi connectivity index (χ1n) is 11.5. The Bertz CT molecular complexity index is 1420. The van der Waals surface area contributed by atoms with Crippen molar-refractivity contribution in [1.82, 2.24) is 15.0 Å². The summed E-state index contributed by atoms with van der Waals surface area (Å²) in [4.78, 5) is 25.4. The molecule has 0 atom stereocenters. The maximum Gasteiger partial charge on any atom is 0.226 e. The Labute approximate surface area is 213 Å². The number of carbonyl (C=O) groups excluding carboxylic acids is 1. The van der Waals surface area contributed by atoms with Gasteiger partial charge in [0, 0.05) is 23.3 Å². The molecule has 176 valence electrons. The van der Waals surface area contributed by atoms with E-state index in [0.717, 1.165) is 37.9 Å². The number of rotatable bonds is 7. The maximum atomic E-state index is 12.5. The molecule has 0 aliphatic carbocycles. The smallest absolute Gasteiger partial charge is 0.226 e. The second kappa shape index (κ2) is 10.1. The van der Waals surface area contributed by atoms with Crippen molar-refractivity contribution in [3.05, 3.63) is 83.4 Å². The van der Waals surface area contributed by atoms with Crippen molar-refractivity contribution in [3.8, 4) is 22.5 Å². The number of carbonyl (C=O) groups is 1. The Morgan fingerprint density at radius 2 is 1.54 bits per heavy atom. The third-order valence-corrected chi connectivity index (χ3v) is 7.51. The Balaban J connectivity index is 1.28. The number of aromatic amines is 1. The van der Waals surface area contributed by atoms with Crippen LogP contribution in [0.15, 0.2) is 71.9 Å². The Hall–Kier alpha value is -3.42. The Morgan fingerprint density at radius 3 is 2.26 bits per heavy atom. The van der Waals surface area contributed by atoms with Gasteiger partial charge in [-0.3, -0.25) is 4.79 Å². The first kappa shape index (κ1) is 23.3. The van der Waals surface area contributed by atoms with Crippen molar-refractivity contribution in [2.24, 2.45) is 0 Å². The van der Waals surface area contributed by atoms with Gasteiger partial charge < -0.3 is 10.3 Å². The summed E-state index contributed by atoms with van der Waals surface area (Å²) in [6.45, 7) is 6.22. The fourth-order valence-electron chi connectivity index (χ4n) is 3.78. The molecule has 0 aliphatic heterocycles. The molecule has 0 saturated carbocycles. The van der Waals surface area contributed by atoms with Gasteiger partial charge in [-0.2, -0.15) is 0 Å². The summed E-state index contributed by atoms with van der Waals surface area (Å²) in [6.07, 6.45) is 0.375. The van der Waals surface area contributed by atoms with Crippen molar-refractivity contribution in [2.75, 3.05) is 11.1 Å². The minimum absolute atomic E-state index is 0.0441. The van der Waals surface area contributed by atoms with Crippen molar-refractivity contribution in [2.45, 2.75) is 32.3 Å². The number of anilines is 1. The van der Waals surface area contributed by atoms with Gasteiger partial charge in [0.15, 0.2) is 10.3 Å². The van der Waals surface area contributed by atoms with Crippen LogP contribution in [0.5, 0.6) is 0 Å². The number of imidazole rings is 1. The van der Waals surface area contributed by atoms with E-state index in [1.807, 2.05) is 12.1 Å². The summed E-state index contributed by atoms with van der Waals surface area (Å²) >= 11 is 3.06. The Kier molecular flexibility index (Phi) is 6.70. The lowest BCUT2D eigenvalue weighted by Gasteiger charge is -2.04. The largest absolute Gasteiger partial charge is 0.332 e. The summed E-state index contributed by atoms with van der Waals surface area (Å²) in [5.41, 5.74) is 8.60. The molecule has 2 N–H and O–H groups in total. The molecular weight excluding hydrogens is 472 g/mol. The molecule has 0 bridgehead atoms. The molecule has 0 spiro atoms. The molecule has 3 aromatic carbocycles. The third-order valence-electron chi connectivity index (χ3n) is 5.71. The quantitative estimate of drug-likeness (QED) is 0.229. The Morgan fingerprint density at radius 1 is 0.886 bits per heavy atom. The highest BCUT2D eigenvalue weighted by Gasteiger charge is 2.15. The van der Waals surface area contributed by atoms with E-state index in [1.165, 1.54) is 28.0 Å². The van der Waals surface area contributed by atoms with Crippen LogP contribution >= 0.6 is 23.1 Å². The highest BCUT2D eigenvalue weighted by molar-refractivity contribution is 7.99. The van der Waals surface area contributed by atoms with Gasteiger partial charge in [0.05, 0.1) is 21.6 Å². The van der Waals surface area contributed by atoms with Gasteiger partial charge in [-0.15, -0.1) is 0 Å². The van der Waals surface area contributed by atoms with Gasteiger partial charge in [-0.05, 0) is 38.5 Å². The topological polar surface area (TPSA) is 70.7 Å². The molecule has 0 radical (unpaired) electrons. The number of H-pyrrole nitrogens is 1. The summed E-state index contributed by atoms with van der Waals surface area (Å²) in [5.74, 6) is 0.571. The monoisotopic (exact) mass is 498 g/mol. The van der Waals surface area contributed by atoms with Crippen LogP contribution in [-0.4, -0.2) is 26.6 Å². The van der Waals surface area contributed by atoms with E-state index in [4.69, 9.17) is 4.98 Å². The van der Waals surface area contributed by atoms with E-state index < -0.39 is 0 Å². The molecule has 5 nitrogen and oxygen atoms in total. The van der Waals surface area contributed by atoms with Gasteiger partial charge >= 0.3 is 0 Å². The lowest BCUT2D eigenvalue weighted by atomic mass is 10.0. The number of hydrogen-bond acceptors (Lipinski definition) is 5. The highest BCUT2D eigenvalue weighted by atomic mass is 32.2. The van der Waals surface area contributed by atoms with Crippen LogP contribution in [0.3, 0.4) is 0 Å². The molecule has 7 heteroatoms. The average molecular weight is 499 g/mol. The number of aromatic nitrogens is 3. The molecule has 35 heavy (non-hydrogen) atoms. The summed E-state index contributed by atoms with van der Waals surface area (Å²) in [7, 11) is 0. The van der Waals surface area contributed by atoms with Crippen LogP contribution in [0.4, 0.5) is 5.13 Å². The van der Waals surface area contributed by atoms with Gasteiger partial charge in [0.1, 0.15) is 0 Å². The van der Waals surface area contributed by atoms with E-state index >= 15 is 0 Å². The van der Waals surface area contributed by atoms with Crippen LogP contribution in [0.2, 0.25) is 0 Å². The van der Waals surface area contributed by atoms with E-state index in [2.05, 4.69) is 90.7 Å². The SMILES string of the molecule is Cc1ccc(-c2nc(SCCC(=O)Nc3nc4ccc(C)cc4s3)[nH]c2-c2ccc(C)cc2)cc1. The van der Waals surface area contributed by atoms with E-state index in [0.29, 0.717) is 17.3 Å². The van der Waals surface area contributed by atoms with Crippen molar-refractivity contribution < 1.29 is 4.79 Å². The van der Waals surface area contributed by atoms with Gasteiger partial charge in [-0.25, -0.2) is 9.97 Å². The highest BCUT2D eigenvalue weighted by Crippen LogP contribution is 2.33. The predicted octanol–water partition coefficient (Wildman–Crippen LogP) is 7.40. The molecule has 0 aliphatic rings. The zero-order chi connectivity index (χ0) is 24.4.